The lowest BCUT2D eigenvalue weighted by Crippen LogP contribution is -2.41. The minimum Gasteiger partial charge on any atom is -0.481 e. The van der Waals surface area contributed by atoms with Gasteiger partial charge in [-0.25, -0.2) is 4.68 Å². The molecule has 0 radical (unpaired) electrons. The zero-order valence-electron chi connectivity index (χ0n) is 15.9. The maximum Gasteiger partial charge on any atom is 0.216 e. The highest BCUT2D eigenvalue weighted by Gasteiger charge is 2.20. The summed E-state index contributed by atoms with van der Waals surface area (Å²) in [7, 11) is 3.64. The minimum atomic E-state index is 0.568. The molecule has 0 spiro atoms. The summed E-state index contributed by atoms with van der Waals surface area (Å²) in [6, 6.07) is 9.41. The van der Waals surface area contributed by atoms with Gasteiger partial charge in [0.1, 0.15) is 0 Å². The average molecular weight is 342 g/mol. The van der Waals surface area contributed by atoms with Crippen molar-refractivity contribution in [2.75, 3.05) is 20.2 Å². The van der Waals surface area contributed by atoms with Gasteiger partial charge >= 0.3 is 0 Å². The van der Waals surface area contributed by atoms with Crippen molar-refractivity contribution in [3.8, 4) is 5.88 Å². The second-order valence-corrected chi connectivity index (χ2v) is 7.12. The molecule has 136 valence electrons. The van der Waals surface area contributed by atoms with Crippen LogP contribution >= 0.6 is 0 Å². The number of aryl methyl sites for hydroxylation is 3. The van der Waals surface area contributed by atoms with Crippen LogP contribution in [0.1, 0.15) is 35.2 Å². The number of methoxy groups -OCH3 is 1. The van der Waals surface area contributed by atoms with E-state index in [1.165, 1.54) is 29.5 Å². The Bertz CT molecular complexity index is 702. The normalized spacial score (nSPS) is 16.3. The minimum absolute atomic E-state index is 0.568. The first kappa shape index (κ1) is 18.0. The van der Waals surface area contributed by atoms with Crippen LogP contribution in [0.3, 0.4) is 0 Å². The number of ether oxygens (including phenoxy) is 1. The molecule has 2 aromatic rings. The number of nitrogens with one attached hydrogen (secondary N) is 1. The predicted octanol–water partition coefficient (Wildman–Crippen LogP) is 2.80. The van der Waals surface area contributed by atoms with Gasteiger partial charge in [0.25, 0.3) is 0 Å². The van der Waals surface area contributed by atoms with Gasteiger partial charge in [0.2, 0.25) is 5.88 Å². The van der Waals surface area contributed by atoms with Gasteiger partial charge in [-0.2, -0.15) is 5.10 Å². The van der Waals surface area contributed by atoms with Crippen molar-refractivity contribution in [1.29, 1.82) is 0 Å². The first-order valence-corrected chi connectivity index (χ1v) is 9.14. The topological polar surface area (TPSA) is 42.3 Å². The first-order valence-electron chi connectivity index (χ1n) is 9.14. The van der Waals surface area contributed by atoms with Crippen molar-refractivity contribution in [3.05, 3.63) is 46.6 Å². The summed E-state index contributed by atoms with van der Waals surface area (Å²) in [5.41, 5.74) is 4.98. The summed E-state index contributed by atoms with van der Waals surface area (Å²) in [6.07, 6.45) is 2.38. The first-order chi connectivity index (χ1) is 12.1. The lowest BCUT2D eigenvalue weighted by Gasteiger charge is -2.32. The number of piperidine rings is 1. The van der Waals surface area contributed by atoms with Gasteiger partial charge in [-0.15, -0.1) is 0 Å². The largest absolute Gasteiger partial charge is 0.481 e. The molecule has 3 rings (SSSR count). The van der Waals surface area contributed by atoms with Gasteiger partial charge in [-0.3, -0.25) is 4.90 Å². The number of hydrogen-bond acceptors (Lipinski definition) is 4. The predicted molar refractivity (Wildman–Crippen MR) is 101 cm³/mol. The molecule has 2 heterocycles. The Morgan fingerprint density at radius 3 is 2.68 bits per heavy atom. The number of nitrogens with zero attached hydrogens (tertiary/aromatic N) is 3. The van der Waals surface area contributed by atoms with Crippen molar-refractivity contribution < 1.29 is 4.74 Å². The van der Waals surface area contributed by atoms with Crippen molar-refractivity contribution in [2.45, 2.75) is 45.8 Å². The van der Waals surface area contributed by atoms with E-state index in [-0.39, 0.29) is 0 Å². The van der Waals surface area contributed by atoms with E-state index in [0.717, 1.165) is 37.8 Å². The molecule has 0 amide bonds. The van der Waals surface area contributed by atoms with Crippen LogP contribution in [0.15, 0.2) is 24.3 Å². The fourth-order valence-electron chi connectivity index (χ4n) is 3.75. The van der Waals surface area contributed by atoms with Crippen molar-refractivity contribution >= 4 is 0 Å². The molecule has 0 bridgehead atoms. The Hall–Kier alpha value is -1.85. The van der Waals surface area contributed by atoms with Crippen LogP contribution in [-0.4, -0.2) is 40.9 Å². The zero-order chi connectivity index (χ0) is 17.8. The summed E-state index contributed by atoms with van der Waals surface area (Å²) in [6.45, 7) is 8.39. The summed E-state index contributed by atoms with van der Waals surface area (Å²) in [5, 5.41) is 8.16. The Morgan fingerprint density at radius 1 is 1.24 bits per heavy atom. The van der Waals surface area contributed by atoms with Crippen LogP contribution in [0, 0.1) is 13.8 Å². The summed E-state index contributed by atoms with van der Waals surface area (Å²) >= 11 is 0. The monoisotopic (exact) mass is 342 g/mol. The van der Waals surface area contributed by atoms with E-state index in [9.17, 15) is 0 Å². The third kappa shape index (κ3) is 4.41. The molecule has 25 heavy (non-hydrogen) atoms. The lowest BCUT2D eigenvalue weighted by atomic mass is 10.0. The molecule has 0 atom stereocenters. The highest BCUT2D eigenvalue weighted by molar-refractivity contribution is 5.30. The molecule has 1 aliphatic rings. The van der Waals surface area contributed by atoms with Gasteiger partial charge in [-0.1, -0.05) is 29.8 Å². The third-order valence-electron chi connectivity index (χ3n) is 5.13. The van der Waals surface area contributed by atoms with Gasteiger partial charge in [-0.05, 0) is 45.3 Å². The standard InChI is InChI=1S/C20H30N4O/c1-15-6-5-7-17(12-15)14-24-10-8-18(9-11-24)21-13-19-16(2)22-23(3)20(19)25-4/h5-7,12,18,21H,8-11,13-14H2,1-4H3. The summed E-state index contributed by atoms with van der Waals surface area (Å²) in [5.74, 6) is 0.863. The van der Waals surface area contributed by atoms with Crippen LogP contribution in [-0.2, 0) is 20.1 Å². The molecule has 1 saturated heterocycles. The number of benzene rings is 1. The molecule has 0 aliphatic carbocycles. The summed E-state index contributed by atoms with van der Waals surface area (Å²) < 4.78 is 7.30. The Labute approximate surface area is 151 Å². The van der Waals surface area contributed by atoms with E-state index in [1.54, 1.807) is 7.11 Å². The lowest BCUT2D eigenvalue weighted by molar-refractivity contribution is 0.190. The molecule has 1 N–H and O–H groups in total. The molecule has 5 nitrogen and oxygen atoms in total. The van der Waals surface area contributed by atoms with Gasteiger partial charge < -0.3 is 10.1 Å². The molecular formula is C20H30N4O. The second kappa shape index (κ2) is 8.02. The van der Waals surface area contributed by atoms with Crippen LogP contribution in [0.2, 0.25) is 0 Å². The van der Waals surface area contributed by atoms with E-state index in [1.807, 2.05) is 18.7 Å². The average Bonchev–Trinajstić information content (AvgIpc) is 2.87. The molecule has 1 fully saturated rings. The van der Waals surface area contributed by atoms with Crippen molar-refractivity contribution in [2.24, 2.45) is 7.05 Å². The third-order valence-corrected chi connectivity index (χ3v) is 5.13. The fraction of sp³-hybridized carbons (Fsp3) is 0.550. The van der Waals surface area contributed by atoms with E-state index in [0.29, 0.717) is 6.04 Å². The Balaban J connectivity index is 1.48. The van der Waals surface area contributed by atoms with E-state index in [2.05, 4.69) is 46.5 Å². The van der Waals surface area contributed by atoms with Crippen LogP contribution in [0.5, 0.6) is 5.88 Å². The van der Waals surface area contributed by atoms with Crippen LogP contribution < -0.4 is 10.1 Å². The van der Waals surface area contributed by atoms with E-state index in [4.69, 9.17) is 4.74 Å². The van der Waals surface area contributed by atoms with Gasteiger partial charge in [0.15, 0.2) is 0 Å². The molecule has 1 aromatic heterocycles. The van der Waals surface area contributed by atoms with Gasteiger partial charge in [0, 0.05) is 26.2 Å². The number of aromatic nitrogens is 2. The Morgan fingerprint density at radius 2 is 2.00 bits per heavy atom. The number of hydrogen-bond donors (Lipinski definition) is 1. The SMILES string of the molecule is COc1c(CNC2CCN(Cc3cccc(C)c3)CC2)c(C)nn1C. The van der Waals surface area contributed by atoms with E-state index < -0.39 is 0 Å². The number of rotatable bonds is 6. The second-order valence-electron chi connectivity index (χ2n) is 7.12. The van der Waals surface area contributed by atoms with Crippen molar-refractivity contribution in [1.82, 2.24) is 20.0 Å². The molecular weight excluding hydrogens is 312 g/mol. The summed E-state index contributed by atoms with van der Waals surface area (Å²) in [4.78, 5) is 2.56. The van der Waals surface area contributed by atoms with E-state index >= 15 is 0 Å². The smallest absolute Gasteiger partial charge is 0.216 e. The maximum atomic E-state index is 5.48. The van der Waals surface area contributed by atoms with Crippen LogP contribution in [0.25, 0.3) is 0 Å². The molecule has 1 aliphatic heterocycles. The highest BCUT2D eigenvalue weighted by atomic mass is 16.5. The number of likely N-dealkylation sites (tertiary alicyclic amines) is 1. The Kier molecular flexibility index (Phi) is 5.76. The van der Waals surface area contributed by atoms with Gasteiger partial charge in [0.05, 0.1) is 18.4 Å². The molecule has 5 heteroatoms. The molecule has 0 unspecified atom stereocenters. The fourth-order valence-corrected chi connectivity index (χ4v) is 3.75. The maximum absolute atomic E-state index is 5.48. The zero-order valence-corrected chi connectivity index (χ0v) is 15.9. The van der Waals surface area contributed by atoms with Crippen molar-refractivity contribution in [3.63, 3.8) is 0 Å². The molecule has 0 saturated carbocycles. The quantitative estimate of drug-likeness (QED) is 0.877. The van der Waals surface area contributed by atoms with Crippen LogP contribution in [0.4, 0.5) is 0 Å². The highest BCUT2D eigenvalue weighted by Crippen LogP contribution is 2.22. The molecule has 1 aromatic carbocycles.